The third-order valence-corrected chi connectivity index (χ3v) is 2.24. The molecule has 0 aromatic carbocycles. The number of amides is 1. The van der Waals surface area contributed by atoms with Crippen LogP contribution in [0.5, 0.6) is 0 Å². The zero-order valence-electron chi connectivity index (χ0n) is 7.54. The summed E-state index contributed by atoms with van der Waals surface area (Å²) in [5.41, 5.74) is 0. The average Bonchev–Trinajstić information content (AvgIpc) is 2.65. The first kappa shape index (κ1) is 10.1. The van der Waals surface area contributed by atoms with E-state index in [9.17, 15) is 4.79 Å². The summed E-state index contributed by atoms with van der Waals surface area (Å²) < 4.78 is 0. The van der Waals surface area contributed by atoms with E-state index >= 15 is 0 Å². The van der Waals surface area contributed by atoms with Crippen LogP contribution < -0.4 is 10.6 Å². The van der Waals surface area contributed by atoms with Crippen molar-refractivity contribution in [3.05, 3.63) is 16.6 Å². The number of rotatable bonds is 5. The number of likely N-dealkylation sites (N-methyl/N-ethyl adjacent to an activating group) is 1. The van der Waals surface area contributed by atoms with Crippen molar-refractivity contribution in [3.63, 3.8) is 0 Å². The van der Waals surface area contributed by atoms with Gasteiger partial charge in [-0.25, -0.2) is 4.98 Å². The summed E-state index contributed by atoms with van der Waals surface area (Å²) in [5.74, 6) is -0.0899. The lowest BCUT2D eigenvalue weighted by atomic mass is 10.5. The Bertz CT molecular complexity index is 248. The number of thiazole rings is 1. The summed E-state index contributed by atoms with van der Waals surface area (Å²) in [4.78, 5) is 15.2. The lowest BCUT2D eigenvalue weighted by Gasteiger charge is -2.02. The van der Waals surface area contributed by atoms with Gasteiger partial charge in [0, 0.05) is 24.7 Å². The number of hydrogen-bond donors (Lipinski definition) is 2. The molecule has 0 radical (unpaired) electrons. The van der Waals surface area contributed by atoms with E-state index in [1.54, 1.807) is 11.6 Å². The van der Waals surface area contributed by atoms with E-state index in [1.165, 1.54) is 11.3 Å². The van der Waals surface area contributed by atoms with E-state index in [4.69, 9.17) is 0 Å². The Hall–Kier alpha value is -0.940. The monoisotopic (exact) mass is 199 g/mol. The number of carbonyl (C=O) groups is 1. The zero-order chi connectivity index (χ0) is 9.52. The quantitative estimate of drug-likeness (QED) is 0.678. The van der Waals surface area contributed by atoms with Crippen LogP contribution in [0.1, 0.15) is 16.7 Å². The van der Waals surface area contributed by atoms with Crippen LogP contribution in [0, 0.1) is 0 Å². The first-order chi connectivity index (χ1) is 6.34. The molecule has 0 saturated heterocycles. The summed E-state index contributed by atoms with van der Waals surface area (Å²) >= 11 is 1.35. The van der Waals surface area contributed by atoms with Crippen LogP contribution in [-0.2, 0) is 0 Å². The highest BCUT2D eigenvalue weighted by Gasteiger charge is 2.05. The lowest BCUT2D eigenvalue weighted by Crippen LogP contribution is -2.31. The third-order valence-electron chi connectivity index (χ3n) is 1.46. The van der Waals surface area contributed by atoms with Crippen LogP contribution in [0.25, 0.3) is 0 Å². The van der Waals surface area contributed by atoms with Gasteiger partial charge in [-0.3, -0.25) is 4.79 Å². The second-order valence-corrected chi connectivity index (χ2v) is 3.34. The molecule has 4 nitrogen and oxygen atoms in total. The number of nitrogens with zero attached hydrogens (tertiary/aromatic N) is 1. The Morgan fingerprint density at radius 2 is 2.46 bits per heavy atom. The van der Waals surface area contributed by atoms with Gasteiger partial charge in [-0.1, -0.05) is 6.92 Å². The Morgan fingerprint density at radius 1 is 1.62 bits per heavy atom. The predicted octanol–water partition coefficient (Wildman–Crippen LogP) is 0.482. The molecule has 0 saturated carbocycles. The van der Waals surface area contributed by atoms with Gasteiger partial charge in [0.1, 0.15) is 0 Å². The smallest absolute Gasteiger partial charge is 0.280 e. The maximum absolute atomic E-state index is 11.3. The molecule has 0 aliphatic rings. The van der Waals surface area contributed by atoms with Crippen molar-refractivity contribution in [3.8, 4) is 0 Å². The van der Waals surface area contributed by atoms with Crippen molar-refractivity contribution in [2.45, 2.75) is 6.92 Å². The lowest BCUT2D eigenvalue weighted by molar-refractivity contribution is 0.0953. The van der Waals surface area contributed by atoms with Crippen LogP contribution >= 0.6 is 11.3 Å². The van der Waals surface area contributed by atoms with E-state index in [-0.39, 0.29) is 5.91 Å². The molecule has 0 fully saturated rings. The van der Waals surface area contributed by atoms with Crippen LogP contribution in [0.2, 0.25) is 0 Å². The van der Waals surface area contributed by atoms with E-state index in [0.717, 1.165) is 13.1 Å². The van der Waals surface area contributed by atoms with Crippen molar-refractivity contribution in [1.82, 2.24) is 15.6 Å². The molecule has 13 heavy (non-hydrogen) atoms. The minimum absolute atomic E-state index is 0.0899. The third kappa shape index (κ3) is 3.52. The summed E-state index contributed by atoms with van der Waals surface area (Å²) in [6.07, 6.45) is 1.63. The molecule has 2 N–H and O–H groups in total. The second kappa shape index (κ2) is 5.66. The molecule has 1 aromatic rings. The van der Waals surface area contributed by atoms with Gasteiger partial charge in [0.2, 0.25) is 0 Å². The SMILES string of the molecule is CCNCCNC(=O)c1nccs1. The van der Waals surface area contributed by atoms with Crippen LogP contribution in [0.3, 0.4) is 0 Å². The molecule has 0 spiro atoms. The van der Waals surface area contributed by atoms with E-state index in [1.807, 2.05) is 6.92 Å². The van der Waals surface area contributed by atoms with Gasteiger partial charge in [0.25, 0.3) is 5.91 Å². The topological polar surface area (TPSA) is 54.0 Å². The molecule has 1 aromatic heterocycles. The van der Waals surface area contributed by atoms with Gasteiger partial charge < -0.3 is 10.6 Å². The normalized spacial score (nSPS) is 9.92. The fourth-order valence-electron chi connectivity index (χ4n) is 0.852. The van der Waals surface area contributed by atoms with Gasteiger partial charge >= 0.3 is 0 Å². The first-order valence-corrected chi connectivity index (χ1v) is 5.11. The molecule has 0 aliphatic carbocycles. The maximum Gasteiger partial charge on any atom is 0.280 e. The highest BCUT2D eigenvalue weighted by atomic mass is 32.1. The minimum Gasteiger partial charge on any atom is -0.349 e. The van der Waals surface area contributed by atoms with Crippen molar-refractivity contribution in [2.75, 3.05) is 19.6 Å². The van der Waals surface area contributed by atoms with Gasteiger partial charge in [-0.15, -0.1) is 11.3 Å². The zero-order valence-corrected chi connectivity index (χ0v) is 8.36. The summed E-state index contributed by atoms with van der Waals surface area (Å²) in [6, 6.07) is 0. The Kier molecular flexibility index (Phi) is 4.42. The Labute approximate surface area is 81.4 Å². The van der Waals surface area contributed by atoms with Crippen molar-refractivity contribution in [1.29, 1.82) is 0 Å². The Balaban J connectivity index is 2.19. The second-order valence-electron chi connectivity index (χ2n) is 2.45. The number of nitrogens with one attached hydrogen (secondary N) is 2. The van der Waals surface area contributed by atoms with Crippen molar-refractivity contribution in [2.24, 2.45) is 0 Å². The fraction of sp³-hybridized carbons (Fsp3) is 0.500. The molecular formula is C8H13N3OS. The van der Waals surface area contributed by atoms with Gasteiger partial charge in [-0.2, -0.15) is 0 Å². The summed E-state index contributed by atoms with van der Waals surface area (Å²) in [6.45, 7) is 4.40. The molecule has 1 heterocycles. The molecule has 72 valence electrons. The molecule has 0 bridgehead atoms. The summed E-state index contributed by atoms with van der Waals surface area (Å²) in [5, 5.41) is 8.20. The molecule has 1 amide bonds. The number of aromatic nitrogens is 1. The van der Waals surface area contributed by atoms with E-state index < -0.39 is 0 Å². The molecule has 0 aliphatic heterocycles. The standard InChI is InChI=1S/C8H13N3OS/c1-2-9-3-4-10-7(12)8-11-5-6-13-8/h5-6,9H,2-4H2,1H3,(H,10,12). The van der Waals surface area contributed by atoms with Crippen LogP contribution in [0.4, 0.5) is 0 Å². The fourth-order valence-corrected chi connectivity index (χ4v) is 1.40. The van der Waals surface area contributed by atoms with Gasteiger partial charge in [0.05, 0.1) is 0 Å². The molecule has 5 heteroatoms. The largest absolute Gasteiger partial charge is 0.349 e. The maximum atomic E-state index is 11.3. The minimum atomic E-state index is -0.0899. The van der Waals surface area contributed by atoms with Gasteiger partial charge in [0.15, 0.2) is 5.01 Å². The molecule has 0 atom stereocenters. The van der Waals surface area contributed by atoms with Crippen LogP contribution in [-0.4, -0.2) is 30.5 Å². The number of carbonyl (C=O) groups excluding carboxylic acids is 1. The number of hydrogen-bond acceptors (Lipinski definition) is 4. The van der Waals surface area contributed by atoms with E-state index in [2.05, 4.69) is 15.6 Å². The molecular weight excluding hydrogens is 186 g/mol. The summed E-state index contributed by atoms with van der Waals surface area (Å²) in [7, 11) is 0. The van der Waals surface area contributed by atoms with Crippen molar-refractivity contribution < 1.29 is 4.79 Å². The average molecular weight is 199 g/mol. The van der Waals surface area contributed by atoms with E-state index in [0.29, 0.717) is 11.6 Å². The first-order valence-electron chi connectivity index (χ1n) is 4.23. The molecule has 0 unspecified atom stereocenters. The Morgan fingerprint density at radius 3 is 3.08 bits per heavy atom. The van der Waals surface area contributed by atoms with Crippen molar-refractivity contribution >= 4 is 17.2 Å². The predicted molar refractivity (Wildman–Crippen MR) is 53.0 cm³/mol. The highest BCUT2D eigenvalue weighted by Crippen LogP contribution is 2.02. The van der Waals surface area contributed by atoms with Crippen LogP contribution in [0.15, 0.2) is 11.6 Å². The van der Waals surface area contributed by atoms with Gasteiger partial charge in [-0.05, 0) is 6.54 Å². The highest BCUT2D eigenvalue weighted by molar-refractivity contribution is 7.11. The molecule has 1 rings (SSSR count).